The van der Waals surface area contributed by atoms with E-state index in [4.69, 9.17) is 9.47 Å². The molecule has 0 bridgehead atoms. The van der Waals surface area contributed by atoms with E-state index in [0.29, 0.717) is 5.75 Å². The first-order valence-corrected chi connectivity index (χ1v) is 7.28. The summed E-state index contributed by atoms with van der Waals surface area (Å²) in [6, 6.07) is 12.3. The van der Waals surface area contributed by atoms with Crippen molar-refractivity contribution in [2.45, 2.75) is 6.61 Å². The third-order valence-corrected chi connectivity index (χ3v) is 4.06. The average molecular weight is 316 g/mol. The van der Waals surface area contributed by atoms with Gasteiger partial charge in [-0.15, -0.1) is 11.3 Å². The van der Waals surface area contributed by atoms with Gasteiger partial charge in [-0.1, -0.05) is 12.1 Å². The molecule has 0 aliphatic heterocycles. The molecule has 0 N–H and O–H groups in total. The summed E-state index contributed by atoms with van der Waals surface area (Å²) in [5, 5.41) is 11.9. The summed E-state index contributed by atoms with van der Waals surface area (Å²) in [5.41, 5.74) is 0.774. The minimum Gasteiger partial charge on any atom is -0.496 e. The second-order valence-corrected chi connectivity index (χ2v) is 5.57. The van der Waals surface area contributed by atoms with Crippen LogP contribution < -0.4 is 9.47 Å². The molecule has 0 saturated heterocycles. The molecule has 0 aliphatic rings. The summed E-state index contributed by atoms with van der Waals surface area (Å²) in [7, 11) is 1.46. The van der Waals surface area contributed by atoms with Gasteiger partial charge in [0.1, 0.15) is 17.4 Å². The van der Waals surface area contributed by atoms with Crippen LogP contribution in [0.4, 0.5) is 5.69 Å². The predicted octanol–water partition coefficient (Wildman–Crippen LogP) is 3.79. The Bertz CT molecular complexity index is 798. The SMILES string of the molecule is COc1ccc(OCc2nc3ccccc3s2)c([N+](=O)[O-])c1. The Morgan fingerprint density at radius 1 is 1.27 bits per heavy atom. The number of fused-ring (bicyclic) bond motifs is 1. The normalized spacial score (nSPS) is 10.6. The van der Waals surface area contributed by atoms with Crippen molar-refractivity contribution < 1.29 is 14.4 Å². The molecular formula is C15H12N2O4S. The van der Waals surface area contributed by atoms with Crippen LogP contribution in [0.3, 0.4) is 0 Å². The van der Waals surface area contributed by atoms with Gasteiger partial charge >= 0.3 is 5.69 Å². The molecule has 7 heteroatoms. The molecule has 1 heterocycles. The summed E-state index contributed by atoms with van der Waals surface area (Å²) >= 11 is 1.51. The minimum absolute atomic E-state index is 0.125. The number of aromatic nitrogens is 1. The van der Waals surface area contributed by atoms with E-state index in [-0.39, 0.29) is 18.0 Å². The average Bonchev–Trinajstić information content (AvgIpc) is 2.95. The van der Waals surface area contributed by atoms with Crippen LogP contribution in [0, 0.1) is 10.1 Å². The highest BCUT2D eigenvalue weighted by Gasteiger charge is 2.17. The number of rotatable bonds is 5. The smallest absolute Gasteiger partial charge is 0.314 e. The zero-order valence-corrected chi connectivity index (χ0v) is 12.5. The fraction of sp³-hybridized carbons (Fsp3) is 0.133. The topological polar surface area (TPSA) is 74.5 Å². The van der Waals surface area contributed by atoms with Crippen molar-refractivity contribution in [3.63, 3.8) is 0 Å². The van der Waals surface area contributed by atoms with E-state index in [1.54, 1.807) is 6.07 Å². The van der Waals surface area contributed by atoms with Gasteiger partial charge in [0, 0.05) is 0 Å². The molecule has 3 aromatic rings. The zero-order chi connectivity index (χ0) is 15.5. The highest BCUT2D eigenvalue weighted by molar-refractivity contribution is 7.18. The van der Waals surface area contributed by atoms with Crippen molar-refractivity contribution in [2.75, 3.05) is 7.11 Å². The summed E-state index contributed by atoms with van der Waals surface area (Å²) in [6.07, 6.45) is 0. The van der Waals surface area contributed by atoms with E-state index in [1.807, 2.05) is 24.3 Å². The molecule has 3 rings (SSSR count). The van der Waals surface area contributed by atoms with Crippen LogP contribution in [-0.2, 0) is 6.61 Å². The van der Waals surface area contributed by atoms with Crippen LogP contribution in [0.2, 0.25) is 0 Å². The Hall–Kier alpha value is -2.67. The molecule has 0 aliphatic carbocycles. The number of nitrogens with zero attached hydrogens (tertiary/aromatic N) is 2. The number of nitro benzene ring substituents is 1. The van der Waals surface area contributed by atoms with Crippen LogP contribution in [0.5, 0.6) is 11.5 Å². The van der Waals surface area contributed by atoms with Crippen LogP contribution in [0.15, 0.2) is 42.5 Å². The number of hydrogen-bond acceptors (Lipinski definition) is 6. The summed E-state index contributed by atoms with van der Waals surface area (Å²) in [4.78, 5) is 15.0. The summed E-state index contributed by atoms with van der Waals surface area (Å²) < 4.78 is 11.6. The molecule has 0 unspecified atom stereocenters. The zero-order valence-electron chi connectivity index (χ0n) is 11.7. The van der Waals surface area contributed by atoms with E-state index in [9.17, 15) is 10.1 Å². The van der Waals surface area contributed by atoms with Gasteiger partial charge in [-0.05, 0) is 24.3 Å². The lowest BCUT2D eigenvalue weighted by Crippen LogP contribution is -1.99. The Morgan fingerprint density at radius 2 is 2.09 bits per heavy atom. The fourth-order valence-electron chi connectivity index (χ4n) is 2.01. The van der Waals surface area contributed by atoms with Crippen molar-refractivity contribution in [1.29, 1.82) is 0 Å². The maximum Gasteiger partial charge on any atom is 0.314 e. The molecule has 1 aromatic heterocycles. The van der Waals surface area contributed by atoms with Crippen molar-refractivity contribution in [1.82, 2.24) is 4.98 Å². The van der Waals surface area contributed by atoms with Gasteiger partial charge in [-0.2, -0.15) is 0 Å². The van der Waals surface area contributed by atoms with Crippen molar-refractivity contribution in [2.24, 2.45) is 0 Å². The molecular weight excluding hydrogens is 304 g/mol. The van der Waals surface area contributed by atoms with Crippen molar-refractivity contribution in [3.05, 3.63) is 57.6 Å². The molecule has 0 fully saturated rings. The number of ether oxygens (including phenoxy) is 2. The highest BCUT2D eigenvalue weighted by Crippen LogP contribution is 2.32. The third kappa shape index (κ3) is 2.84. The number of nitro groups is 1. The molecule has 2 aromatic carbocycles. The third-order valence-electron chi connectivity index (χ3n) is 3.05. The number of hydrogen-bond donors (Lipinski definition) is 0. The second kappa shape index (κ2) is 5.98. The molecule has 0 amide bonds. The van der Waals surface area contributed by atoms with Gasteiger partial charge in [0.2, 0.25) is 0 Å². The number of para-hydroxylation sites is 1. The Labute approximate surface area is 130 Å². The van der Waals surface area contributed by atoms with Gasteiger partial charge in [-0.25, -0.2) is 4.98 Å². The first-order chi connectivity index (χ1) is 10.7. The first-order valence-electron chi connectivity index (χ1n) is 6.47. The van der Waals surface area contributed by atoms with Crippen molar-refractivity contribution in [3.8, 4) is 11.5 Å². The molecule has 0 atom stereocenters. The molecule has 0 spiro atoms. The van der Waals surface area contributed by atoms with Crippen LogP contribution in [-0.4, -0.2) is 17.0 Å². The van der Waals surface area contributed by atoms with Crippen LogP contribution in [0.1, 0.15) is 5.01 Å². The second-order valence-electron chi connectivity index (χ2n) is 4.45. The minimum atomic E-state index is -0.490. The Morgan fingerprint density at radius 3 is 2.82 bits per heavy atom. The van der Waals surface area contributed by atoms with Crippen LogP contribution >= 0.6 is 11.3 Å². The monoisotopic (exact) mass is 316 g/mol. The van der Waals surface area contributed by atoms with Crippen LogP contribution in [0.25, 0.3) is 10.2 Å². The largest absolute Gasteiger partial charge is 0.496 e. The molecule has 6 nitrogen and oxygen atoms in total. The van der Waals surface area contributed by atoms with E-state index in [0.717, 1.165) is 15.2 Å². The summed E-state index contributed by atoms with van der Waals surface area (Å²) in [5.74, 6) is 0.615. The lowest BCUT2D eigenvalue weighted by Gasteiger charge is -2.06. The first kappa shape index (κ1) is 14.3. The van der Waals surface area contributed by atoms with Gasteiger partial charge < -0.3 is 9.47 Å². The van der Waals surface area contributed by atoms with Gasteiger partial charge in [0.15, 0.2) is 5.75 Å². The standard InChI is InChI=1S/C15H12N2O4S/c1-20-10-6-7-13(12(8-10)17(18)19)21-9-15-16-11-4-2-3-5-14(11)22-15/h2-8H,9H2,1H3. The quantitative estimate of drug-likeness (QED) is 0.529. The molecule has 0 radical (unpaired) electrons. The van der Waals surface area contributed by atoms with E-state index < -0.39 is 4.92 Å². The van der Waals surface area contributed by atoms with Gasteiger partial charge in [0.05, 0.1) is 28.3 Å². The van der Waals surface area contributed by atoms with Gasteiger partial charge in [-0.3, -0.25) is 10.1 Å². The van der Waals surface area contributed by atoms with Crippen molar-refractivity contribution >= 4 is 27.2 Å². The maximum absolute atomic E-state index is 11.1. The Kier molecular flexibility index (Phi) is 3.88. The lowest BCUT2D eigenvalue weighted by molar-refractivity contribution is -0.386. The lowest BCUT2D eigenvalue weighted by atomic mass is 10.3. The maximum atomic E-state index is 11.1. The molecule has 112 valence electrons. The van der Waals surface area contributed by atoms with Gasteiger partial charge in [0.25, 0.3) is 0 Å². The number of thiazole rings is 1. The predicted molar refractivity (Wildman–Crippen MR) is 83.6 cm³/mol. The Balaban J connectivity index is 1.82. The summed E-state index contributed by atoms with van der Waals surface area (Å²) in [6.45, 7) is 0.187. The van der Waals surface area contributed by atoms with E-state index in [1.165, 1.54) is 30.6 Å². The van der Waals surface area contributed by atoms with E-state index in [2.05, 4.69) is 4.98 Å². The number of benzene rings is 2. The fourth-order valence-corrected chi connectivity index (χ4v) is 2.89. The highest BCUT2D eigenvalue weighted by atomic mass is 32.1. The molecule has 0 saturated carbocycles. The number of methoxy groups -OCH3 is 1. The van der Waals surface area contributed by atoms with E-state index >= 15 is 0 Å². The molecule has 22 heavy (non-hydrogen) atoms.